The summed E-state index contributed by atoms with van der Waals surface area (Å²) in [4.78, 5) is 22.5. The number of nitrogens with one attached hydrogen (secondary N) is 1. The highest BCUT2D eigenvalue weighted by Gasteiger charge is 2.42. The molecule has 0 spiro atoms. The summed E-state index contributed by atoms with van der Waals surface area (Å²) in [5.41, 5.74) is 0.00404. The number of rotatable bonds is 6. The van der Waals surface area contributed by atoms with Crippen LogP contribution in [0.5, 0.6) is 5.75 Å². The van der Waals surface area contributed by atoms with Crippen molar-refractivity contribution < 1.29 is 14.5 Å². The maximum atomic E-state index is 12.4. The number of nitro groups is 1. The van der Waals surface area contributed by atoms with Crippen LogP contribution in [-0.2, 0) is 4.79 Å². The Balaban J connectivity index is 1.51. The molecule has 0 heterocycles. The minimum atomic E-state index is -0.632. The van der Waals surface area contributed by atoms with Crippen LogP contribution < -0.4 is 10.1 Å². The SMILES string of the molecule is C[C@H](Oc1ccc([N+](=O)[O-])cc1)C(=O)N[C@@H](C)[C@@H]1C[C@H]2CC[C@H]1C2. The highest BCUT2D eigenvalue weighted by atomic mass is 16.6. The van der Waals surface area contributed by atoms with E-state index in [1.54, 1.807) is 6.92 Å². The zero-order valence-electron chi connectivity index (χ0n) is 14.1. The molecule has 24 heavy (non-hydrogen) atoms. The number of ether oxygens (including phenoxy) is 1. The van der Waals surface area contributed by atoms with Crippen molar-refractivity contribution in [3.8, 4) is 5.75 Å². The van der Waals surface area contributed by atoms with Crippen LogP contribution >= 0.6 is 0 Å². The fourth-order valence-electron chi connectivity index (χ4n) is 4.26. The molecular formula is C18H24N2O4. The third-order valence-corrected chi connectivity index (χ3v) is 5.53. The molecule has 0 saturated heterocycles. The maximum Gasteiger partial charge on any atom is 0.269 e. The van der Waals surface area contributed by atoms with Gasteiger partial charge in [0.15, 0.2) is 6.10 Å². The fourth-order valence-corrected chi connectivity index (χ4v) is 4.26. The number of carbonyl (C=O) groups excluding carboxylic acids is 1. The van der Waals surface area contributed by atoms with E-state index in [2.05, 4.69) is 12.2 Å². The fraction of sp³-hybridized carbons (Fsp3) is 0.611. The number of fused-ring (bicyclic) bond motifs is 2. The van der Waals surface area contributed by atoms with Gasteiger partial charge in [0.2, 0.25) is 0 Å². The van der Waals surface area contributed by atoms with Crippen LogP contribution in [0.2, 0.25) is 0 Å². The smallest absolute Gasteiger partial charge is 0.269 e. The van der Waals surface area contributed by atoms with E-state index in [0.717, 1.165) is 11.8 Å². The molecule has 2 aliphatic carbocycles. The van der Waals surface area contributed by atoms with Gasteiger partial charge in [-0.15, -0.1) is 0 Å². The Morgan fingerprint density at radius 1 is 1.25 bits per heavy atom. The number of carbonyl (C=O) groups is 1. The Kier molecular flexibility index (Phi) is 4.73. The van der Waals surface area contributed by atoms with Crippen LogP contribution in [0.3, 0.4) is 0 Å². The first-order valence-corrected chi connectivity index (χ1v) is 8.65. The Labute approximate surface area is 141 Å². The highest BCUT2D eigenvalue weighted by molar-refractivity contribution is 5.81. The van der Waals surface area contributed by atoms with E-state index in [1.807, 2.05) is 0 Å². The lowest BCUT2D eigenvalue weighted by Crippen LogP contribution is -2.45. The van der Waals surface area contributed by atoms with E-state index in [0.29, 0.717) is 11.7 Å². The second-order valence-electron chi connectivity index (χ2n) is 7.15. The third-order valence-electron chi connectivity index (χ3n) is 5.53. The molecular weight excluding hydrogens is 308 g/mol. The number of non-ortho nitro benzene ring substituents is 1. The summed E-state index contributed by atoms with van der Waals surface area (Å²) < 4.78 is 5.60. The van der Waals surface area contributed by atoms with Crippen molar-refractivity contribution in [2.24, 2.45) is 17.8 Å². The largest absolute Gasteiger partial charge is 0.481 e. The molecule has 2 saturated carbocycles. The van der Waals surface area contributed by atoms with E-state index in [9.17, 15) is 14.9 Å². The number of nitrogens with zero attached hydrogens (tertiary/aromatic N) is 1. The van der Waals surface area contributed by atoms with E-state index in [-0.39, 0.29) is 17.6 Å². The molecule has 0 aliphatic heterocycles. The molecule has 2 fully saturated rings. The van der Waals surface area contributed by atoms with Gasteiger partial charge in [0.25, 0.3) is 11.6 Å². The van der Waals surface area contributed by atoms with Crippen molar-refractivity contribution in [2.75, 3.05) is 0 Å². The molecule has 5 atom stereocenters. The van der Waals surface area contributed by atoms with Gasteiger partial charge in [0.1, 0.15) is 5.75 Å². The lowest BCUT2D eigenvalue weighted by molar-refractivity contribution is -0.384. The minimum absolute atomic E-state index is 0.00404. The molecule has 1 N–H and O–H groups in total. The average molecular weight is 332 g/mol. The molecule has 2 bridgehead atoms. The van der Waals surface area contributed by atoms with Crippen LogP contribution in [0.15, 0.2) is 24.3 Å². The summed E-state index contributed by atoms with van der Waals surface area (Å²) in [6.07, 6.45) is 4.56. The predicted molar refractivity (Wildman–Crippen MR) is 89.7 cm³/mol. The van der Waals surface area contributed by atoms with Crippen molar-refractivity contribution in [2.45, 2.75) is 51.7 Å². The summed E-state index contributed by atoms with van der Waals surface area (Å²) in [5.74, 6) is 2.52. The van der Waals surface area contributed by atoms with Crippen LogP contribution in [0.25, 0.3) is 0 Å². The molecule has 130 valence electrons. The standard InChI is InChI=1S/C18H24N2O4/c1-11(17-10-13-3-4-14(17)9-13)19-18(21)12(2)24-16-7-5-15(6-8-16)20(22)23/h5-8,11-14,17H,3-4,9-10H2,1-2H3,(H,19,21)/t11-,12-,13-,14-,17-/m0/s1. The van der Waals surface area contributed by atoms with Crippen LogP contribution in [0.4, 0.5) is 5.69 Å². The summed E-state index contributed by atoms with van der Waals surface area (Å²) >= 11 is 0. The van der Waals surface area contributed by atoms with Gasteiger partial charge in [-0.05, 0) is 63.0 Å². The molecule has 3 rings (SSSR count). The summed E-state index contributed by atoms with van der Waals surface area (Å²) in [5, 5.41) is 13.7. The van der Waals surface area contributed by atoms with Crippen LogP contribution in [0.1, 0.15) is 39.5 Å². The minimum Gasteiger partial charge on any atom is -0.481 e. The Hall–Kier alpha value is -2.11. The molecule has 2 aliphatic rings. The van der Waals surface area contributed by atoms with Crippen molar-refractivity contribution in [1.29, 1.82) is 0 Å². The van der Waals surface area contributed by atoms with Gasteiger partial charge in [0.05, 0.1) is 4.92 Å². The number of nitro benzene ring substituents is 1. The van der Waals surface area contributed by atoms with E-state index >= 15 is 0 Å². The predicted octanol–water partition coefficient (Wildman–Crippen LogP) is 3.30. The van der Waals surface area contributed by atoms with Gasteiger partial charge >= 0.3 is 0 Å². The second kappa shape index (κ2) is 6.79. The monoisotopic (exact) mass is 332 g/mol. The quantitative estimate of drug-likeness (QED) is 0.640. The highest BCUT2D eigenvalue weighted by Crippen LogP contribution is 2.49. The zero-order valence-corrected chi connectivity index (χ0v) is 14.1. The molecule has 1 aromatic rings. The topological polar surface area (TPSA) is 81.5 Å². The zero-order chi connectivity index (χ0) is 17.3. The summed E-state index contributed by atoms with van der Waals surface area (Å²) in [6, 6.07) is 5.94. The first-order valence-electron chi connectivity index (χ1n) is 8.65. The first kappa shape index (κ1) is 16.7. The second-order valence-corrected chi connectivity index (χ2v) is 7.15. The number of amides is 1. The van der Waals surface area contributed by atoms with E-state index in [4.69, 9.17) is 4.74 Å². The van der Waals surface area contributed by atoms with E-state index < -0.39 is 11.0 Å². The molecule has 6 heteroatoms. The summed E-state index contributed by atoms with van der Waals surface area (Å²) in [6.45, 7) is 3.78. The molecule has 0 radical (unpaired) electrons. The number of hydrogen-bond donors (Lipinski definition) is 1. The van der Waals surface area contributed by atoms with Gasteiger partial charge in [-0.2, -0.15) is 0 Å². The van der Waals surface area contributed by atoms with Crippen molar-refractivity contribution in [3.63, 3.8) is 0 Å². The maximum absolute atomic E-state index is 12.4. The van der Waals surface area contributed by atoms with Gasteiger partial charge in [-0.1, -0.05) is 6.42 Å². The Morgan fingerprint density at radius 3 is 2.50 bits per heavy atom. The third kappa shape index (κ3) is 3.52. The molecule has 0 unspecified atom stereocenters. The van der Waals surface area contributed by atoms with Gasteiger partial charge in [-0.3, -0.25) is 14.9 Å². The number of hydrogen-bond acceptors (Lipinski definition) is 4. The lowest BCUT2D eigenvalue weighted by atomic mass is 9.84. The lowest BCUT2D eigenvalue weighted by Gasteiger charge is -2.29. The van der Waals surface area contributed by atoms with Crippen molar-refractivity contribution >= 4 is 11.6 Å². The molecule has 1 aromatic carbocycles. The van der Waals surface area contributed by atoms with Crippen LogP contribution in [-0.4, -0.2) is 23.0 Å². The van der Waals surface area contributed by atoms with Gasteiger partial charge in [0, 0.05) is 18.2 Å². The normalized spacial score (nSPS) is 27.5. The van der Waals surface area contributed by atoms with Gasteiger partial charge in [-0.25, -0.2) is 0 Å². The molecule has 1 amide bonds. The molecule has 6 nitrogen and oxygen atoms in total. The van der Waals surface area contributed by atoms with Crippen molar-refractivity contribution in [1.82, 2.24) is 5.32 Å². The Morgan fingerprint density at radius 2 is 1.96 bits per heavy atom. The molecule has 0 aromatic heterocycles. The van der Waals surface area contributed by atoms with Crippen molar-refractivity contribution in [3.05, 3.63) is 34.4 Å². The Bertz CT molecular complexity index is 616. The first-order chi connectivity index (χ1) is 11.4. The van der Waals surface area contributed by atoms with E-state index in [1.165, 1.54) is 49.9 Å². The summed E-state index contributed by atoms with van der Waals surface area (Å²) in [7, 11) is 0. The average Bonchev–Trinajstić information content (AvgIpc) is 3.18. The van der Waals surface area contributed by atoms with Gasteiger partial charge < -0.3 is 10.1 Å². The number of benzene rings is 1. The van der Waals surface area contributed by atoms with Crippen LogP contribution in [0, 0.1) is 27.9 Å².